The Morgan fingerprint density at radius 1 is 1.25 bits per heavy atom. The molecule has 2 atom stereocenters. The first-order chi connectivity index (χ1) is 9.54. The van der Waals surface area contributed by atoms with Gasteiger partial charge >= 0.3 is 0 Å². The van der Waals surface area contributed by atoms with Crippen LogP contribution in [0.2, 0.25) is 0 Å². The van der Waals surface area contributed by atoms with Gasteiger partial charge in [-0.3, -0.25) is 0 Å². The molecule has 110 valence electrons. The molecule has 1 aliphatic carbocycles. The molecule has 1 saturated heterocycles. The summed E-state index contributed by atoms with van der Waals surface area (Å²) in [7, 11) is 0. The Kier molecular flexibility index (Phi) is 3.64. The molecular formula is C18H26O2. The fourth-order valence-corrected chi connectivity index (χ4v) is 4.24. The molecule has 1 aromatic carbocycles. The standard InChI is InChI=1S/C18H26O2/c1-14-7-3-4-8-16(14)17(2,19)15-9-12-20-18(13-15)10-5-6-11-18/h3-4,7-8,15,19H,5-6,9-13H2,1-2H3. The Morgan fingerprint density at radius 2 is 1.95 bits per heavy atom. The van der Waals surface area contributed by atoms with Gasteiger partial charge in [-0.05, 0) is 56.6 Å². The van der Waals surface area contributed by atoms with Crippen molar-refractivity contribution in [3.63, 3.8) is 0 Å². The van der Waals surface area contributed by atoms with Crippen LogP contribution in [0, 0.1) is 12.8 Å². The van der Waals surface area contributed by atoms with E-state index >= 15 is 0 Å². The highest BCUT2D eigenvalue weighted by Crippen LogP contribution is 2.47. The van der Waals surface area contributed by atoms with E-state index < -0.39 is 5.60 Å². The molecule has 1 aromatic rings. The first-order valence-electron chi connectivity index (χ1n) is 7.96. The Labute approximate surface area is 122 Å². The smallest absolute Gasteiger partial charge is 0.0901 e. The molecule has 0 aromatic heterocycles. The summed E-state index contributed by atoms with van der Waals surface area (Å²) in [6.07, 6.45) is 6.87. The van der Waals surface area contributed by atoms with Crippen LogP contribution in [0.5, 0.6) is 0 Å². The molecule has 2 nitrogen and oxygen atoms in total. The third-order valence-electron chi connectivity index (χ3n) is 5.49. The number of hydrogen-bond donors (Lipinski definition) is 1. The lowest BCUT2D eigenvalue weighted by Gasteiger charge is -2.44. The molecule has 0 radical (unpaired) electrons. The number of benzene rings is 1. The summed E-state index contributed by atoms with van der Waals surface area (Å²) in [5.74, 6) is 0.301. The largest absolute Gasteiger partial charge is 0.385 e. The van der Waals surface area contributed by atoms with Crippen LogP contribution in [-0.4, -0.2) is 17.3 Å². The van der Waals surface area contributed by atoms with E-state index in [-0.39, 0.29) is 5.60 Å². The van der Waals surface area contributed by atoms with Gasteiger partial charge in [-0.1, -0.05) is 37.1 Å². The van der Waals surface area contributed by atoms with Gasteiger partial charge in [-0.25, -0.2) is 0 Å². The molecule has 1 spiro atoms. The number of aliphatic hydroxyl groups is 1. The van der Waals surface area contributed by atoms with Crippen molar-refractivity contribution in [1.29, 1.82) is 0 Å². The van der Waals surface area contributed by atoms with Crippen LogP contribution in [0.3, 0.4) is 0 Å². The molecule has 1 saturated carbocycles. The van der Waals surface area contributed by atoms with Gasteiger partial charge in [0.25, 0.3) is 0 Å². The van der Waals surface area contributed by atoms with Crippen molar-refractivity contribution in [3.05, 3.63) is 35.4 Å². The Hall–Kier alpha value is -0.860. The molecule has 2 aliphatic rings. The molecule has 1 aliphatic heterocycles. The van der Waals surface area contributed by atoms with E-state index in [9.17, 15) is 5.11 Å². The molecule has 0 bridgehead atoms. The summed E-state index contributed by atoms with van der Waals surface area (Å²) in [5, 5.41) is 11.2. The summed E-state index contributed by atoms with van der Waals surface area (Å²) in [6.45, 7) is 4.88. The predicted octanol–water partition coefficient (Wildman–Crippen LogP) is 3.94. The Balaban J connectivity index is 1.85. The van der Waals surface area contributed by atoms with Crippen molar-refractivity contribution in [2.45, 2.75) is 63.6 Å². The van der Waals surface area contributed by atoms with Crippen LogP contribution >= 0.6 is 0 Å². The van der Waals surface area contributed by atoms with Gasteiger partial charge in [-0.2, -0.15) is 0 Å². The molecule has 2 heteroatoms. The maximum absolute atomic E-state index is 11.2. The van der Waals surface area contributed by atoms with E-state index in [1.54, 1.807) is 0 Å². The first-order valence-corrected chi connectivity index (χ1v) is 7.96. The van der Waals surface area contributed by atoms with Crippen molar-refractivity contribution < 1.29 is 9.84 Å². The number of ether oxygens (including phenoxy) is 1. The molecule has 20 heavy (non-hydrogen) atoms. The average molecular weight is 274 g/mol. The van der Waals surface area contributed by atoms with E-state index in [2.05, 4.69) is 19.1 Å². The van der Waals surface area contributed by atoms with Gasteiger partial charge < -0.3 is 9.84 Å². The first kappa shape index (κ1) is 14.1. The zero-order valence-electron chi connectivity index (χ0n) is 12.7. The van der Waals surface area contributed by atoms with Crippen LogP contribution in [0.15, 0.2) is 24.3 Å². The SMILES string of the molecule is Cc1ccccc1C(C)(O)C1CCOC2(CCCC2)C1. The van der Waals surface area contributed by atoms with E-state index in [1.165, 1.54) is 31.2 Å². The van der Waals surface area contributed by atoms with Gasteiger partial charge in [0, 0.05) is 6.61 Å². The fraction of sp³-hybridized carbons (Fsp3) is 0.667. The zero-order valence-corrected chi connectivity index (χ0v) is 12.7. The monoisotopic (exact) mass is 274 g/mol. The van der Waals surface area contributed by atoms with Crippen LogP contribution in [0.1, 0.15) is 56.6 Å². The normalized spacial score (nSPS) is 28.4. The molecular weight excluding hydrogens is 248 g/mol. The van der Waals surface area contributed by atoms with Gasteiger partial charge in [-0.15, -0.1) is 0 Å². The van der Waals surface area contributed by atoms with Gasteiger partial charge in [0.1, 0.15) is 0 Å². The summed E-state index contributed by atoms with van der Waals surface area (Å²) < 4.78 is 6.11. The third kappa shape index (κ3) is 2.40. The highest BCUT2D eigenvalue weighted by Gasteiger charge is 2.46. The summed E-state index contributed by atoms with van der Waals surface area (Å²) in [6, 6.07) is 8.24. The topological polar surface area (TPSA) is 29.5 Å². The quantitative estimate of drug-likeness (QED) is 0.885. The van der Waals surface area contributed by atoms with E-state index in [4.69, 9.17) is 4.74 Å². The second-order valence-corrected chi connectivity index (χ2v) is 6.89. The second-order valence-electron chi connectivity index (χ2n) is 6.89. The molecule has 0 amide bonds. The highest BCUT2D eigenvalue weighted by atomic mass is 16.5. The van der Waals surface area contributed by atoms with Gasteiger partial charge in [0.05, 0.1) is 11.2 Å². The lowest BCUT2D eigenvalue weighted by atomic mass is 9.72. The van der Waals surface area contributed by atoms with Crippen LogP contribution < -0.4 is 0 Å². The van der Waals surface area contributed by atoms with Crippen molar-refractivity contribution >= 4 is 0 Å². The van der Waals surface area contributed by atoms with Crippen LogP contribution in [0.25, 0.3) is 0 Å². The minimum atomic E-state index is -0.745. The van der Waals surface area contributed by atoms with Gasteiger partial charge in [0.15, 0.2) is 0 Å². The van der Waals surface area contributed by atoms with Crippen molar-refractivity contribution in [3.8, 4) is 0 Å². The highest BCUT2D eigenvalue weighted by molar-refractivity contribution is 5.31. The number of hydrogen-bond acceptors (Lipinski definition) is 2. The Bertz CT molecular complexity index is 472. The maximum Gasteiger partial charge on any atom is 0.0901 e. The number of rotatable bonds is 2. The molecule has 1 N–H and O–H groups in total. The lowest BCUT2D eigenvalue weighted by Crippen LogP contribution is -2.45. The predicted molar refractivity (Wildman–Crippen MR) is 80.6 cm³/mol. The van der Waals surface area contributed by atoms with Crippen molar-refractivity contribution in [2.24, 2.45) is 5.92 Å². The van der Waals surface area contributed by atoms with Crippen LogP contribution in [-0.2, 0) is 10.3 Å². The maximum atomic E-state index is 11.2. The molecule has 2 unspecified atom stereocenters. The van der Waals surface area contributed by atoms with E-state index in [0.717, 1.165) is 25.0 Å². The minimum Gasteiger partial charge on any atom is -0.385 e. The Morgan fingerprint density at radius 3 is 2.65 bits per heavy atom. The van der Waals surface area contributed by atoms with Crippen molar-refractivity contribution in [2.75, 3.05) is 6.61 Å². The molecule has 2 fully saturated rings. The summed E-state index contributed by atoms with van der Waals surface area (Å²) in [4.78, 5) is 0. The van der Waals surface area contributed by atoms with Crippen LogP contribution in [0.4, 0.5) is 0 Å². The summed E-state index contributed by atoms with van der Waals surface area (Å²) in [5.41, 5.74) is 1.59. The van der Waals surface area contributed by atoms with E-state index in [0.29, 0.717) is 5.92 Å². The zero-order chi connectivity index (χ0) is 14.2. The van der Waals surface area contributed by atoms with Gasteiger partial charge in [0.2, 0.25) is 0 Å². The second kappa shape index (κ2) is 5.16. The minimum absolute atomic E-state index is 0.0651. The lowest BCUT2D eigenvalue weighted by molar-refractivity contribution is -0.138. The fourth-order valence-electron chi connectivity index (χ4n) is 4.24. The van der Waals surface area contributed by atoms with E-state index in [1.807, 2.05) is 19.1 Å². The van der Waals surface area contributed by atoms with Crippen molar-refractivity contribution in [1.82, 2.24) is 0 Å². The number of aryl methyl sites for hydroxylation is 1. The molecule has 3 rings (SSSR count). The third-order valence-corrected chi connectivity index (χ3v) is 5.49. The average Bonchev–Trinajstić information content (AvgIpc) is 2.87. The summed E-state index contributed by atoms with van der Waals surface area (Å²) >= 11 is 0. The molecule has 1 heterocycles.